The van der Waals surface area contributed by atoms with Crippen LogP contribution in [0.15, 0.2) is 24.3 Å². The molecule has 1 rings (SSSR count). The van der Waals surface area contributed by atoms with E-state index < -0.39 is 6.04 Å². The summed E-state index contributed by atoms with van der Waals surface area (Å²) < 4.78 is 0. The summed E-state index contributed by atoms with van der Waals surface area (Å²) in [5, 5.41) is 2.83. The lowest BCUT2D eigenvalue weighted by Gasteiger charge is -2.11. The van der Waals surface area contributed by atoms with E-state index >= 15 is 0 Å². The van der Waals surface area contributed by atoms with Crippen molar-refractivity contribution in [2.75, 3.05) is 5.32 Å². The lowest BCUT2D eigenvalue weighted by Crippen LogP contribution is -2.32. The highest BCUT2D eigenvalue weighted by Crippen LogP contribution is 2.16. The van der Waals surface area contributed by atoms with Crippen LogP contribution >= 0.6 is 0 Å². The normalized spacial score (nSPS) is 12.2. The fourth-order valence-corrected chi connectivity index (χ4v) is 1.38. The van der Waals surface area contributed by atoms with Gasteiger partial charge in [-0.25, -0.2) is 0 Å². The van der Waals surface area contributed by atoms with Crippen LogP contribution < -0.4 is 11.1 Å². The Bertz CT molecular complexity index is 334. The van der Waals surface area contributed by atoms with Gasteiger partial charge >= 0.3 is 0 Å². The second kappa shape index (κ2) is 5.51. The van der Waals surface area contributed by atoms with Crippen LogP contribution in [0.2, 0.25) is 0 Å². The maximum atomic E-state index is 11.4. The summed E-state index contributed by atoms with van der Waals surface area (Å²) in [7, 11) is 0. The molecule has 82 valence electrons. The summed E-state index contributed by atoms with van der Waals surface area (Å²) in [4.78, 5) is 11.4. The number of para-hydroxylation sites is 1. The van der Waals surface area contributed by atoms with Gasteiger partial charge in [-0.1, -0.05) is 31.5 Å². The number of hydrogen-bond acceptors (Lipinski definition) is 2. The van der Waals surface area contributed by atoms with E-state index in [1.54, 1.807) is 6.92 Å². The second-order valence-corrected chi connectivity index (χ2v) is 3.69. The predicted molar refractivity (Wildman–Crippen MR) is 62.7 cm³/mol. The van der Waals surface area contributed by atoms with Crippen LogP contribution in [0.5, 0.6) is 0 Å². The van der Waals surface area contributed by atoms with Crippen LogP contribution in [0.25, 0.3) is 0 Å². The van der Waals surface area contributed by atoms with E-state index in [4.69, 9.17) is 5.73 Å². The third kappa shape index (κ3) is 3.36. The minimum absolute atomic E-state index is 0.140. The molecule has 0 aliphatic carbocycles. The minimum atomic E-state index is -0.473. The molecule has 1 unspecified atom stereocenters. The molecular formula is C12H18N2O. The van der Waals surface area contributed by atoms with Crippen molar-refractivity contribution in [2.24, 2.45) is 5.73 Å². The number of hydrogen-bond donors (Lipinski definition) is 2. The fourth-order valence-electron chi connectivity index (χ4n) is 1.38. The van der Waals surface area contributed by atoms with Gasteiger partial charge in [-0.05, 0) is 25.0 Å². The molecule has 0 spiro atoms. The van der Waals surface area contributed by atoms with Gasteiger partial charge in [0.15, 0.2) is 0 Å². The Kier molecular flexibility index (Phi) is 4.31. The second-order valence-electron chi connectivity index (χ2n) is 3.69. The van der Waals surface area contributed by atoms with Gasteiger partial charge in [0, 0.05) is 5.69 Å². The highest BCUT2D eigenvalue weighted by atomic mass is 16.2. The molecule has 0 heterocycles. The standard InChI is InChI=1S/C12H18N2O/c1-3-6-10-7-4-5-8-11(10)14-12(15)9(2)13/h4-5,7-9H,3,6,13H2,1-2H3,(H,14,15). The molecule has 0 bridgehead atoms. The number of aryl methyl sites for hydroxylation is 1. The molecule has 1 atom stereocenters. The molecule has 15 heavy (non-hydrogen) atoms. The van der Waals surface area contributed by atoms with Crippen LogP contribution in [0.4, 0.5) is 5.69 Å². The quantitative estimate of drug-likeness (QED) is 0.790. The van der Waals surface area contributed by atoms with E-state index in [0.29, 0.717) is 0 Å². The van der Waals surface area contributed by atoms with Gasteiger partial charge in [0.1, 0.15) is 0 Å². The number of carbonyl (C=O) groups is 1. The zero-order valence-electron chi connectivity index (χ0n) is 9.29. The molecule has 3 heteroatoms. The lowest BCUT2D eigenvalue weighted by molar-refractivity contribution is -0.117. The van der Waals surface area contributed by atoms with Gasteiger partial charge in [0.2, 0.25) is 5.91 Å². The maximum Gasteiger partial charge on any atom is 0.241 e. The maximum absolute atomic E-state index is 11.4. The Balaban J connectivity index is 2.79. The van der Waals surface area contributed by atoms with Crippen molar-refractivity contribution in [3.05, 3.63) is 29.8 Å². The first-order valence-corrected chi connectivity index (χ1v) is 5.29. The van der Waals surface area contributed by atoms with Crippen molar-refractivity contribution < 1.29 is 4.79 Å². The Morgan fingerprint density at radius 1 is 1.47 bits per heavy atom. The van der Waals surface area contributed by atoms with E-state index in [1.807, 2.05) is 24.3 Å². The number of nitrogens with one attached hydrogen (secondary N) is 1. The summed E-state index contributed by atoms with van der Waals surface area (Å²) in [6.45, 7) is 3.79. The van der Waals surface area contributed by atoms with Crippen molar-refractivity contribution in [3.8, 4) is 0 Å². The minimum Gasteiger partial charge on any atom is -0.324 e. The summed E-state index contributed by atoms with van der Waals surface area (Å²) in [5.41, 5.74) is 7.53. The molecule has 0 radical (unpaired) electrons. The molecular weight excluding hydrogens is 188 g/mol. The first-order valence-electron chi connectivity index (χ1n) is 5.29. The molecule has 0 aliphatic rings. The van der Waals surface area contributed by atoms with E-state index in [2.05, 4.69) is 12.2 Å². The Labute approximate surface area is 90.7 Å². The van der Waals surface area contributed by atoms with Gasteiger partial charge in [-0.15, -0.1) is 0 Å². The summed E-state index contributed by atoms with van der Waals surface area (Å²) in [5.74, 6) is -0.140. The third-order valence-corrected chi connectivity index (χ3v) is 2.21. The Morgan fingerprint density at radius 3 is 2.73 bits per heavy atom. The smallest absolute Gasteiger partial charge is 0.241 e. The van der Waals surface area contributed by atoms with Crippen molar-refractivity contribution in [3.63, 3.8) is 0 Å². The van der Waals surface area contributed by atoms with Gasteiger partial charge < -0.3 is 11.1 Å². The first kappa shape index (κ1) is 11.7. The van der Waals surface area contributed by atoms with E-state index in [1.165, 1.54) is 0 Å². The number of benzene rings is 1. The van der Waals surface area contributed by atoms with Crippen LogP contribution in [0, 0.1) is 0 Å². The van der Waals surface area contributed by atoms with Gasteiger partial charge in [-0.2, -0.15) is 0 Å². The molecule has 1 aromatic carbocycles. The molecule has 3 nitrogen and oxygen atoms in total. The van der Waals surface area contributed by atoms with Crippen molar-refractivity contribution >= 4 is 11.6 Å². The molecule has 0 saturated heterocycles. The van der Waals surface area contributed by atoms with Crippen LogP contribution in [0.3, 0.4) is 0 Å². The van der Waals surface area contributed by atoms with Gasteiger partial charge in [0.25, 0.3) is 0 Å². The number of anilines is 1. The zero-order chi connectivity index (χ0) is 11.3. The summed E-state index contributed by atoms with van der Waals surface area (Å²) >= 11 is 0. The molecule has 1 amide bonds. The molecule has 0 aliphatic heterocycles. The van der Waals surface area contributed by atoms with Crippen molar-refractivity contribution in [1.82, 2.24) is 0 Å². The van der Waals surface area contributed by atoms with E-state index in [0.717, 1.165) is 24.1 Å². The number of amides is 1. The molecule has 0 saturated carbocycles. The van der Waals surface area contributed by atoms with E-state index in [-0.39, 0.29) is 5.91 Å². The average molecular weight is 206 g/mol. The highest BCUT2D eigenvalue weighted by Gasteiger charge is 2.09. The number of rotatable bonds is 4. The predicted octanol–water partition coefficient (Wildman–Crippen LogP) is 1.92. The summed E-state index contributed by atoms with van der Waals surface area (Å²) in [6.07, 6.45) is 2.03. The molecule has 1 aromatic rings. The molecule has 0 aromatic heterocycles. The third-order valence-electron chi connectivity index (χ3n) is 2.21. The number of carbonyl (C=O) groups excluding carboxylic acids is 1. The van der Waals surface area contributed by atoms with Gasteiger partial charge in [-0.3, -0.25) is 4.79 Å². The van der Waals surface area contributed by atoms with Crippen LogP contribution in [-0.4, -0.2) is 11.9 Å². The van der Waals surface area contributed by atoms with Crippen LogP contribution in [-0.2, 0) is 11.2 Å². The van der Waals surface area contributed by atoms with Crippen molar-refractivity contribution in [2.45, 2.75) is 32.7 Å². The SMILES string of the molecule is CCCc1ccccc1NC(=O)C(C)N. The van der Waals surface area contributed by atoms with Crippen LogP contribution in [0.1, 0.15) is 25.8 Å². The number of nitrogens with two attached hydrogens (primary N) is 1. The monoisotopic (exact) mass is 206 g/mol. The fraction of sp³-hybridized carbons (Fsp3) is 0.417. The lowest BCUT2D eigenvalue weighted by atomic mass is 10.1. The molecule has 3 N–H and O–H groups in total. The largest absolute Gasteiger partial charge is 0.324 e. The topological polar surface area (TPSA) is 55.1 Å². The first-order chi connectivity index (χ1) is 7.15. The van der Waals surface area contributed by atoms with Gasteiger partial charge in [0.05, 0.1) is 6.04 Å². The highest BCUT2D eigenvalue weighted by molar-refractivity contribution is 5.95. The molecule has 0 fully saturated rings. The Hall–Kier alpha value is -1.35. The summed E-state index contributed by atoms with van der Waals surface area (Å²) in [6, 6.07) is 7.35. The Morgan fingerprint density at radius 2 is 2.13 bits per heavy atom. The van der Waals surface area contributed by atoms with E-state index in [9.17, 15) is 4.79 Å². The van der Waals surface area contributed by atoms with Crippen molar-refractivity contribution in [1.29, 1.82) is 0 Å². The average Bonchev–Trinajstić information content (AvgIpc) is 2.21. The zero-order valence-corrected chi connectivity index (χ0v) is 9.29.